The minimum absolute atomic E-state index is 0.0777. The van der Waals surface area contributed by atoms with Gasteiger partial charge in [-0.05, 0) is 20.3 Å². The van der Waals surface area contributed by atoms with Gasteiger partial charge in [-0.2, -0.15) is 0 Å². The summed E-state index contributed by atoms with van der Waals surface area (Å²) in [5.74, 6) is 0.332. The van der Waals surface area contributed by atoms with Crippen molar-refractivity contribution >= 4 is 5.78 Å². The van der Waals surface area contributed by atoms with E-state index in [1.807, 2.05) is 27.7 Å². The normalized spacial score (nSPS) is 32.5. The van der Waals surface area contributed by atoms with E-state index in [0.29, 0.717) is 25.4 Å². The molecule has 1 aliphatic rings. The van der Waals surface area contributed by atoms with Crippen molar-refractivity contribution in [2.75, 3.05) is 13.2 Å². The molecule has 0 amide bonds. The Hall–Kier alpha value is -0.410. The molecule has 1 rings (SSSR count). The molecule has 0 saturated heterocycles. The molecule has 3 atom stereocenters. The van der Waals surface area contributed by atoms with E-state index in [1.54, 1.807) is 0 Å². The molecule has 0 N–H and O–H groups in total. The standard InChI is InChI=1S/C12H22O3/c1-5-12(4)10(13)7-11(12)15-9(3)8-14-6-2/h9,11H,5-8H2,1-4H3. The van der Waals surface area contributed by atoms with Crippen molar-refractivity contribution in [2.45, 2.75) is 52.7 Å². The summed E-state index contributed by atoms with van der Waals surface area (Å²) in [7, 11) is 0. The molecule has 0 aromatic carbocycles. The average Bonchev–Trinajstić information content (AvgIpc) is 2.24. The number of hydrogen-bond acceptors (Lipinski definition) is 3. The van der Waals surface area contributed by atoms with Gasteiger partial charge in [0.05, 0.1) is 24.2 Å². The minimum atomic E-state index is -0.250. The topological polar surface area (TPSA) is 35.5 Å². The molecule has 0 aromatic rings. The Morgan fingerprint density at radius 1 is 1.53 bits per heavy atom. The smallest absolute Gasteiger partial charge is 0.143 e. The number of carbonyl (C=O) groups excluding carboxylic acids is 1. The van der Waals surface area contributed by atoms with Gasteiger partial charge in [0.25, 0.3) is 0 Å². The Bertz CT molecular complexity index is 227. The maximum Gasteiger partial charge on any atom is 0.143 e. The first-order chi connectivity index (χ1) is 7.04. The summed E-state index contributed by atoms with van der Waals surface area (Å²) in [6.07, 6.45) is 1.60. The Balaban J connectivity index is 2.37. The van der Waals surface area contributed by atoms with Gasteiger partial charge in [-0.25, -0.2) is 0 Å². The fourth-order valence-corrected chi connectivity index (χ4v) is 1.90. The Morgan fingerprint density at radius 3 is 2.67 bits per heavy atom. The third-order valence-corrected chi connectivity index (χ3v) is 3.41. The van der Waals surface area contributed by atoms with Crippen LogP contribution >= 0.6 is 0 Å². The van der Waals surface area contributed by atoms with Crippen LogP contribution in [0.3, 0.4) is 0 Å². The number of Topliss-reactive ketones (excluding diaryl/α,β-unsaturated/α-hetero) is 1. The molecule has 0 bridgehead atoms. The van der Waals surface area contributed by atoms with E-state index in [9.17, 15) is 4.79 Å². The number of ketones is 1. The first kappa shape index (κ1) is 12.7. The number of ether oxygens (including phenoxy) is 2. The van der Waals surface area contributed by atoms with Crippen LogP contribution in [0.4, 0.5) is 0 Å². The zero-order chi connectivity index (χ0) is 11.5. The predicted octanol–water partition coefficient (Wildman–Crippen LogP) is 2.19. The van der Waals surface area contributed by atoms with E-state index < -0.39 is 0 Å². The highest BCUT2D eigenvalue weighted by Gasteiger charge is 2.50. The Labute approximate surface area is 92.1 Å². The van der Waals surface area contributed by atoms with Gasteiger partial charge < -0.3 is 9.47 Å². The van der Waals surface area contributed by atoms with Gasteiger partial charge in [0.15, 0.2) is 0 Å². The third kappa shape index (κ3) is 2.58. The minimum Gasteiger partial charge on any atom is -0.379 e. The van der Waals surface area contributed by atoms with E-state index in [-0.39, 0.29) is 17.6 Å². The molecule has 3 unspecified atom stereocenters. The molecular formula is C12H22O3. The number of carbonyl (C=O) groups is 1. The molecule has 3 nitrogen and oxygen atoms in total. The molecule has 0 heterocycles. The van der Waals surface area contributed by atoms with Gasteiger partial charge in [0.2, 0.25) is 0 Å². The van der Waals surface area contributed by atoms with E-state index in [4.69, 9.17) is 9.47 Å². The lowest BCUT2D eigenvalue weighted by Gasteiger charge is -2.45. The molecule has 1 aliphatic carbocycles. The van der Waals surface area contributed by atoms with E-state index in [2.05, 4.69) is 0 Å². The first-order valence-corrected chi connectivity index (χ1v) is 5.81. The van der Waals surface area contributed by atoms with E-state index in [0.717, 1.165) is 6.42 Å². The van der Waals surface area contributed by atoms with Crippen LogP contribution in [0.15, 0.2) is 0 Å². The maximum absolute atomic E-state index is 11.5. The van der Waals surface area contributed by atoms with Crippen LogP contribution in [-0.2, 0) is 14.3 Å². The van der Waals surface area contributed by atoms with E-state index in [1.165, 1.54) is 0 Å². The fraction of sp³-hybridized carbons (Fsp3) is 0.917. The quantitative estimate of drug-likeness (QED) is 0.680. The van der Waals surface area contributed by atoms with Crippen LogP contribution in [0, 0.1) is 5.41 Å². The summed E-state index contributed by atoms with van der Waals surface area (Å²) in [6, 6.07) is 0. The van der Waals surface area contributed by atoms with Crippen LogP contribution < -0.4 is 0 Å². The second-order valence-electron chi connectivity index (χ2n) is 4.49. The maximum atomic E-state index is 11.5. The van der Waals surface area contributed by atoms with Gasteiger partial charge in [-0.15, -0.1) is 0 Å². The van der Waals surface area contributed by atoms with Crippen molar-refractivity contribution in [2.24, 2.45) is 5.41 Å². The van der Waals surface area contributed by atoms with Crippen molar-refractivity contribution < 1.29 is 14.3 Å². The molecule has 88 valence electrons. The lowest BCUT2D eigenvalue weighted by molar-refractivity contribution is -0.172. The summed E-state index contributed by atoms with van der Waals surface area (Å²) in [4.78, 5) is 11.5. The molecule has 0 aliphatic heterocycles. The highest BCUT2D eigenvalue weighted by Crippen LogP contribution is 2.42. The SMILES string of the molecule is CCOCC(C)OC1CC(=O)C1(C)CC. The largest absolute Gasteiger partial charge is 0.379 e. The monoisotopic (exact) mass is 214 g/mol. The third-order valence-electron chi connectivity index (χ3n) is 3.41. The van der Waals surface area contributed by atoms with Gasteiger partial charge >= 0.3 is 0 Å². The molecule has 3 heteroatoms. The van der Waals surface area contributed by atoms with Crippen molar-refractivity contribution in [3.05, 3.63) is 0 Å². The van der Waals surface area contributed by atoms with Crippen molar-refractivity contribution in [3.8, 4) is 0 Å². The zero-order valence-corrected chi connectivity index (χ0v) is 10.2. The Kier molecular flexibility index (Phi) is 4.29. The lowest BCUT2D eigenvalue weighted by Crippen LogP contribution is -2.54. The molecule has 0 radical (unpaired) electrons. The van der Waals surface area contributed by atoms with Crippen molar-refractivity contribution in [3.63, 3.8) is 0 Å². The van der Waals surface area contributed by atoms with Crippen molar-refractivity contribution in [1.29, 1.82) is 0 Å². The highest BCUT2D eigenvalue weighted by atomic mass is 16.5. The van der Waals surface area contributed by atoms with Gasteiger partial charge in [-0.1, -0.05) is 13.8 Å². The van der Waals surface area contributed by atoms with Crippen LogP contribution in [0.25, 0.3) is 0 Å². The number of hydrogen-bond donors (Lipinski definition) is 0. The van der Waals surface area contributed by atoms with Gasteiger partial charge in [-0.3, -0.25) is 4.79 Å². The second kappa shape index (κ2) is 5.08. The summed E-state index contributed by atoms with van der Waals surface area (Å²) < 4.78 is 11.1. The van der Waals surface area contributed by atoms with E-state index >= 15 is 0 Å². The molecular weight excluding hydrogens is 192 g/mol. The van der Waals surface area contributed by atoms with Gasteiger partial charge in [0, 0.05) is 13.0 Å². The van der Waals surface area contributed by atoms with Crippen LogP contribution in [0.2, 0.25) is 0 Å². The zero-order valence-electron chi connectivity index (χ0n) is 10.2. The molecule has 1 saturated carbocycles. The lowest BCUT2D eigenvalue weighted by atomic mass is 9.64. The van der Waals surface area contributed by atoms with Crippen LogP contribution in [0.5, 0.6) is 0 Å². The van der Waals surface area contributed by atoms with Gasteiger partial charge in [0.1, 0.15) is 5.78 Å². The van der Waals surface area contributed by atoms with Crippen molar-refractivity contribution in [1.82, 2.24) is 0 Å². The molecule has 0 aromatic heterocycles. The highest BCUT2D eigenvalue weighted by molar-refractivity contribution is 5.91. The fourth-order valence-electron chi connectivity index (χ4n) is 1.90. The molecule has 0 spiro atoms. The molecule has 1 fully saturated rings. The average molecular weight is 214 g/mol. The summed E-state index contributed by atoms with van der Waals surface area (Å²) in [5.41, 5.74) is -0.250. The Morgan fingerprint density at radius 2 is 2.20 bits per heavy atom. The first-order valence-electron chi connectivity index (χ1n) is 5.81. The summed E-state index contributed by atoms with van der Waals surface area (Å²) >= 11 is 0. The second-order valence-corrected chi connectivity index (χ2v) is 4.49. The predicted molar refractivity (Wildman–Crippen MR) is 58.9 cm³/mol. The van der Waals surface area contributed by atoms with Crippen LogP contribution in [-0.4, -0.2) is 31.2 Å². The van der Waals surface area contributed by atoms with Crippen LogP contribution in [0.1, 0.15) is 40.5 Å². The summed E-state index contributed by atoms with van der Waals surface area (Å²) in [5, 5.41) is 0. The molecule has 15 heavy (non-hydrogen) atoms. The summed E-state index contributed by atoms with van der Waals surface area (Å²) in [6.45, 7) is 9.32. The number of rotatable bonds is 6.